The van der Waals surface area contributed by atoms with Gasteiger partial charge in [0.1, 0.15) is 11.6 Å². The van der Waals surface area contributed by atoms with Gasteiger partial charge in [0.05, 0.1) is 11.3 Å². The van der Waals surface area contributed by atoms with Crippen LogP contribution in [0.3, 0.4) is 0 Å². The molecule has 0 spiro atoms. The van der Waals surface area contributed by atoms with Crippen LogP contribution in [0.25, 0.3) is 11.3 Å². The van der Waals surface area contributed by atoms with Crippen LogP contribution in [0.15, 0.2) is 79.0 Å². The molecule has 3 heterocycles. The Balaban J connectivity index is 1.31. The van der Waals surface area contributed by atoms with E-state index in [1.807, 2.05) is 36.4 Å². The number of anilines is 3. The topological polar surface area (TPSA) is 48.4 Å². The van der Waals surface area contributed by atoms with E-state index in [-0.39, 0.29) is 5.82 Å². The molecule has 242 valence electrons. The third kappa shape index (κ3) is 8.10. The van der Waals surface area contributed by atoms with Gasteiger partial charge < -0.3 is 14.7 Å². The lowest BCUT2D eigenvalue weighted by atomic mass is 9.99. The van der Waals surface area contributed by atoms with Crippen molar-refractivity contribution in [1.82, 2.24) is 15.0 Å². The van der Waals surface area contributed by atoms with Crippen molar-refractivity contribution in [3.63, 3.8) is 0 Å². The lowest BCUT2D eigenvalue weighted by Gasteiger charge is -2.37. The second kappa shape index (κ2) is 14.7. The van der Waals surface area contributed by atoms with E-state index in [1.165, 1.54) is 56.4 Å². The lowest BCUT2D eigenvalue weighted by Crippen LogP contribution is -2.47. The van der Waals surface area contributed by atoms with E-state index < -0.39 is 11.7 Å². The first kappa shape index (κ1) is 32.1. The van der Waals surface area contributed by atoms with Crippen LogP contribution in [-0.4, -0.2) is 54.2 Å². The maximum atomic E-state index is 13.8. The van der Waals surface area contributed by atoms with Gasteiger partial charge >= 0.3 is 6.18 Å². The fourth-order valence-electron chi connectivity index (χ4n) is 6.58. The maximum absolute atomic E-state index is 13.8. The Kier molecular flexibility index (Phi) is 10.3. The van der Waals surface area contributed by atoms with Crippen molar-refractivity contribution in [2.75, 3.05) is 54.0 Å². The van der Waals surface area contributed by atoms with Gasteiger partial charge in [-0.25, -0.2) is 9.97 Å². The largest absolute Gasteiger partial charge is 0.419 e. The maximum Gasteiger partial charge on any atom is 0.419 e. The summed E-state index contributed by atoms with van der Waals surface area (Å²) in [6.07, 6.45) is 5.33. The quantitative estimate of drug-likeness (QED) is 0.170. The molecule has 46 heavy (non-hydrogen) atoms. The fraction of sp³-hybridized carbons (Fsp3) is 0.417. The van der Waals surface area contributed by atoms with Crippen LogP contribution in [0.2, 0.25) is 5.02 Å². The highest BCUT2D eigenvalue weighted by Crippen LogP contribution is 2.36. The van der Waals surface area contributed by atoms with Gasteiger partial charge in [-0.3, -0.25) is 0 Å². The van der Waals surface area contributed by atoms with E-state index in [2.05, 4.69) is 39.0 Å². The van der Waals surface area contributed by atoms with Gasteiger partial charge in [0.15, 0.2) is 0 Å². The van der Waals surface area contributed by atoms with Gasteiger partial charge in [0.2, 0.25) is 5.95 Å². The summed E-state index contributed by atoms with van der Waals surface area (Å²) < 4.78 is 41.3. The molecular weight excluding hydrogens is 609 g/mol. The fourth-order valence-corrected chi connectivity index (χ4v) is 6.77. The first-order valence-electron chi connectivity index (χ1n) is 16.3. The molecule has 1 aliphatic carbocycles. The zero-order chi connectivity index (χ0) is 31.9. The van der Waals surface area contributed by atoms with Crippen LogP contribution in [0.4, 0.5) is 30.8 Å². The molecule has 0 bridgehead atoms. The number of nitrogens with zero attached hydrogens (tertiary/aromatic N) is 6. The molecule has 2 fully saturated rings. The summed E-state index contributed by atoms with van der Waals surface area (Å²) in [5.41, 5.74) is 2.24. The third-order valence-electron chi connectivity index (χ3n) is 9.07. The van der Waals surface area contributed by atoms with E-state index in [0.717, 1.165) is 42.7 Å². The van der Waals surface area contributed by atoms with Crippen molar-refractivity contribution in [3.05, 3.63) is 95.1 Å². The molecule has 6 rings (SSSR count). The number of rotatable bonds is 9. The summed E-state index contributed by atoms with van der Waals surface area (Å²) in [5, 5.41) is 0.628. The van der Waals surface area contributed by atoms with Gasteiger partial charge in [-0.1, -0.05) is 79.7 Å². The average molecular weight is 649 g/mol. The third-order valence-corrected chi connectivity index (χ3v) is 9.30. The number of benzene rings is 2. The SMILES string of the molecule is FC(F)(F)c1cccnc1N1CCN(c2cc(-c3cccc(Cl)c3)nc(N(CCc3ccccc3)CC3CCCCCC3)n2)CC1. The number of aromatic nitrogens is 3. The number of alkyl halides is 3. The van der Waals surface area contributed by atoms with Gasteiger partial charge in [-0.15, -0.1) is 0 Å². The molecule has 2 aromatic carbocycles. The van der Waals surface area contributed by atoms with Crippen molar-refractivity contribution < 1.29 is 13.2 Å². The van der Waals surface area contributed by atoms with Gasteiger partial charge in [-0.05, 0) is 55.0 Å². The Labute approximate surface area is 274 Å². The molecule has 0 radical (unpaired) electrons. The number of hydrogen-bond acceptors (Lipinski definition) is 6. The predicted octanol–water partition coefficient (Wildman–Crippen LogP) is 8.56. The molecule has 0 unspecified atom stereocenters. The molecule has 0 N–H and O–H groups in total. The highest BCUT2D eigenvalue weighted by molar-refractivity contribution is 6.30. The monoisotopic (exact) mass is 648 g/mol. The molecule has 2 aromatic heterocycles. The van der Waals surface area contributed by atoms with E-state index in [9.17, 15) is 13.2 Å². The minimum atomic E-state index is -4.46. The first-order valence-corrected chi connectivity index (χ1v) is 16.7. The van der Waals surface area contributed by atoms with Crippen molar-refractivity contribution in [2.24, 2.45) is 5.92 Å². The van der Waals surface area contributed by atoms with Crippen LogP contribution in [0.1, 0.15) is 49.7 Å². The minimum Gasteiger partial charge on any atom is -0.353 e. The van der Waals surface area contributed by atoms with Crippen LogP contribution >= 0.6 is 11.6 Å². The molecule has 10 heteroatoms. The summed E-state index contributed by atoms with van der Waals surface area (Å²) in [6.45, 7) is 3.47. The Hall–Kier alpha value is -3.85. The Bertz CT molecular complexity index is 1570. The molecule has 6 nitrogen and oxygen atoms in total. The van der Waals surface area contributed by atoms with E-state index in [0.29, 0.717) is 43.1 Å². The van der Waals surface area contributed by atoms with E-state index in [1.54, 1.807) is 4.90 Å². The lowest BCUT2D eigenvalue weighted by molar-refractivity contribution is -0.137. The minimum absolute atomic E-state index is 0.0202. The number of piperazine rings is 1. The summed E-state index contributed by atoms with van der Waals surface area (Å²) in [6, 6.07) is 22.6. The zero-order valence-electron chi connectivity index (χ0n) is 26.0. The smallest absolute Gasteiger partial charge is 0.353 e. The number of hydrogen-bond donors (Lipinski definition) is 0. The summed E-state index contributed by atoms with van der Waals surface area (Å²) in [7, 11) is 0. The van der Waals surface area contributed by atoms with Crippen LogP contribution in [0, 0.1) is 5.92 Å². The molecule has 0 amide bonds. The van der Waals surface area contributed by atoms with E-state index in [4.69, 9.17) is 21.6 Å². The van der Waals surface area contributed by atoms with Gasteiger partial charge in [0.25, 0.3) is 0 Å². The number of halogens is 4. The average Bonchev–Trinajstić information content (AvgIpc) is 3.35. The summed E-state index contributed by atoms with van der Waals surface area (Å²) >= 11 is 6.41. The first-order chi connectivity index (χ1) is 22.3. The summed E-state index contributed by atoms with van der Waals surface area (Å²) in [5.74, 6) is 2.00. The normalized spacial score (nSPS) is 16.3. The number of pyridine rings is 1. The van der Waals surface area contributed by atoms with Gasteiger partial charge in [-0.2, -0.15) is 18.2 Å². The highest BCUT2D eigenvalue weighted by Gasteiger charge is 2.36. The molecule has 0 atom stereocenters. The standard InChI is InChI=1S/C36H40ClF3N6/c37-30-15-8-14-29(24-30)32-25-33(44-20-22-45(23-21-44)34-31(36(38,39)40)16-9-18-41-34)43-35(42-32)46(19-17-27-10-6-3-7-11-27)26-28-12-4-1-2-5-13-28/h3,6-11,14-16,18,24-25,28H,1-2,4-5,12-13,17,19-23,26H2. The second-order valence-corrected chi connectivity index (χ2v) is 12.7. The van der Waals surface area contributed by atoms with Crippen LogP contribution in [0.5, 0.6) is 0 Å². The second-order valence-electron chi connectivity index (χ2n) is 12.3. The summed E-state index contributed by atoms with van der Waals surface area (Å²) in [4.78, 5) is 20.6. The van der Waals surface area contributed by atoms with E-state index >= 15 is 0 Å². The van der Waals surface area contributed by atoms with Crippen molar-refractivity contribution in [2.45, 2.75) is 51.1 Å². The Morgan fingerprint density at radius 1 is 0.804 bits per heavy atom. The zero-order valence-corrected chi connectivity index (χ0v) is 26.7. The molecule has 1 aliphatic heterocycles. The molecular formula is C36H40ClF3N6. The molecule has 4 aromatic rings. The van der Waals surface area contributed by atoms with Crippen LogP contribution in [-0.2, 0) is 12.6 Å². The van der Waals surface area contributed by atoms with Gasteiger partial charge in [0, 0.05) is 62.1 Å². The van der Waals surface area contributed by atoms with Crippen LogP contribution < -0.4 is 14.7 Å². The highest BCUT2D eigenvalue weighted by atomic mass is 35.5. The predicted molar refractivity (Wildman–Crippen MR) is 180 cm³/mol. The molecule has 1 saturated heterocycles. The Morgan fingerprint density at radius 2 is 1.54 bits per heavy atom. The Morgan fingerprint density at radius 3 is 2.26 bits per heavy atom. The molecule has 2 aliphatic rings. The van der Waals surface area contributed by atoms with Crippen molar-refractivity contribution >= 4 is 29.2 Å². The van der Waals surface area contributed by atoms with Crippen molar-refractivity contribution in [1.29, 1.82) is 0 Å². The molecule has 1 saturated carbocycles. The van der Waals surface area contributed by atoms with Crippen molar-refractivity contribution in [3.8, 4) is 11.3 Å².